The fourth-order valence-electron chi connectivity index (χ4n) is 1.48. The molecule has 106 valence electrons. The fourth-order valence-corrected chi connectivity index (χ4v) is 2.68. The average Bonchev–Trinajstić information content (AvgIpc) is 2.35. The number of sulfonamides is 1. The molecule has 1 aromatic rings. The first kappa shape index (κ1) is 15.5. The van der Waals surface area contributed by atoms with Crippen LogP contribution < -0.4 is 10.5 Å². The molecule has 1 rings (SSSR count). The van der Waals surface area contributed by atoms with E-state index in [1.54, 1.807) is 19.1 Å². The van der Waals surface area contributed by atoms with Gasteiger partial charge in [-0.15, -0.1) is 0 Å². The normalized spacial score (nSPS) is 11.2. The van der Waals surface area contributed by atoms with Crippen LogP contribution in [0.4, 0.5) is 5.69 Å². The van der Waals surface area contributed by atoms with E-state index in [9.17, 15) is 13.2 Å². The van der Waals surface area contributed by atoms with Gasteiger partial charge in [0.05, 0.1) is 12.3 Å². The highest BCUT2D eigenvalue weighted by Crippen LogP contribution is 2.16. The van der Waals surface area contributed by atoms with E-state index in [0.717, 1.165) is 0 Å². The standard InChI is InChI=1S/C12H18N2O4S/c1-2-18-12(15)8-5-9-14-19(16,17)11-7-4-3-6-10(11)13/h3-4,6-7,14H,2,5,8-9,13H2,1H3. The molecule has 1 aromatic carbocycles. The number of nitrogens with two attached hydrogens (primary N) is 1. The molecule has 0 fully saturated rings. The van der Waals surface area contributed by atoms with Crippen LogP contribution in [0.25, 0.3) is 0 Å². The molecule has 0 amide bonds. The second-order valence-electron chi connectivity index (χ2n) is 3.84. The maximum absolute atomic E-state index is 11.9. The van der Waals surface area contributed by atoms with Gasteiger partial charge in [0.2, 0.25) is 10.0 Å². The molecule has 19 heavy (non-hydrogen) atoms. The summed E-state index contributed by atoms with van der Waals surface area (Å²) in [6.45, 7) is 2.21. The molecular formula is C12H18N2O4S. The number of rotatable bonds is 7. The molecule has 0 aliphatic carbocycles. The summed E-state index contributed by atoms with van der Waals surface area (Å²) in [6, 6.07) is 6.22. The lowest BCUT2D eigenvalue weighted by Gasteiger charge is -2.08. The minimum absolute atomic E-state index is 0.0473. The van der Waals surface area contributed by atoms with Crippen molar-refractivity contribution >= 4 is 21.7 Å². The van der Waals surface area contributed by atoms with Crippen molar-refractivity contribution in [3.05, 3.63) is 24.3 Å². The van der Waals surface area contributed by atoms with Crippen LogP contribution in [0.2, 0.25) is 0 Å². The van der Waals surface area contributed by atoms with Crippen molar-refractivity contribution < 1.29 is 17.9 Å². The Morgan fingerprint density at radius 3 is 2.68 bits per heavy atom. The largest absolute Gasteiger partial charge is 0.466 e. The van der Waals surface area contributed by atoms with Gasteiger partial charge >= 0.3 is 5.97 Å². The maximum atomic E-state index is 11.9. The summed E-state index contributed by atoms with van der Waals surface area (Å²) in [7, 11) is -3.63. The van der Waals surface area contributed by atoms with Crippen LogP contribution in [0.5, 0.6) is 0 Å². The van der Waals surface area contributed by atoms with Gasteiger partial charge in [0.1, 0.15) is 4.90 Å². The van der Waals surface area contributed by atoms with Gasteiger partial charge in [0, 0.05) is 13.0 Å². The Bertz CT molecular complexity index is 528. The molecule has 7 heteroatoms. The third-order valence-electron chi connectivity index (χ3n) is 2.36. The van der Waals surface area contributed by atoms with Gasteiger partial charge in [0.15, 0.2) is 0 Å². The van der Waals surface area contributed by atoms with Crippen molar-refractivity contribution in [3.63, 3.8) is 0 Å². The lowest BCUT2D eigenvalue weighted by molar-refractivity contribution is -0.143. The highest BCUT2D eigenvalue weighted by Gasteiger charge is 2.16. The van der Waals surface area contributed by atoms with Crippen LogP contribution in [0, 0.1) is 0 Å². The molecule has 0 radical (unpaired) electrons. The lowest BCUT2D eigenvalue weighted by Crippen LogP contribution is -2.26. The molecule has 0 saturated carbocycles. The first-order chi connectivity index (χ1) is 8.97. The number of para-hydroxylation sites is 1. The number of benzene rings is 1. The molecule has 0 heterocycles. The predicted molar refractivity (Wildman–Crippen MR) is 71.9 cm³/mol. The summed E-state index contributed by atoms with van der Waals surface area (Å²) >= 11 is 0. The van der Waals surface area contributed by atoms with Crippen LogP contribution in [-0.4, -0.2) is 27.5 Å². The van der Waals surface area contributed by atoms with E-state index in [4.69, 9.17) is 10.5 Å². The van der Waals surface area contributed by atoms with Crippen LogP contribution in [0.15, 0.2) is 29.2 Å². The second kappa shape index (κ2) is 7.10. The van der Waals surface area contributed by atoms with E-state index in [1.165, 1.54) is 12.1 Å². The number of ether oxygens (including phenoxy) is 1. The molecular weight excluding hydrogens is 268 g/mol. The number of carbonyl (C=O) groups excluding carboxylic acids is 1. The van der Waals surface area contributed by atoms with Crippen molar-refractivity contribution in [1.82, 2.24) is 4.72 Å². The van der Waals surface area contributed by atoms with Gasteiger partial charge in [-0.25, -0.2) is 13.1 Å². The molecule has 0 atom stereocenters. The van der Waals surface area contributed by atoms with E-state index in [0.29, 0.717) is 13.0 Å². The Morgan fingerprint density at radius 2 is 2.05 bits per heavy atom. The predicted octanol–water partition coefficient (Wildman–Crippen LogP) is 0.890. The number of anilines is 1. The zero-order chi connectivity index (χ0) is 14.3. The molecule has 0 aliphatic heterocycles. The Labute approximate surface area is 113 Å². The molecule has 0 spiro atoms. The Morgan fingerprint density at radius 1 is 1.37 bits per heavy atom. The number of carbonyl (C=O) groups is 1. The summed E-state index contributed by atoms with van der Waals surface area (Å²) < 4.78 is 31.0. The minimum Gasteiger partial charge on any atom is -0.466 e. The summed E-state index contributed by atoms with van der Waals surface area (Å²) in [5, 5.41) is 0. The van der Waals surface area contributed by atoms with Gasteiger partial charge in [-0.2, -0.15) is 0 Å². The molecule has 0 aromatic heterocycles. The topological polar surface area (TPSA) is 98.5 Å². The molecule has 0 unspecified atom stereocenters. The number of esters is 1. The third kappa shape index (κ3) is 4.88. The summed E-state index contributed by atoms with van der Waals surface area (Å²) in [6.07, 6.45) is 0.561. The zero-order valence-corrected chi connectivity index (χ0v) is 11.6. The van der Waals surface area contributed by atoms with Gasteiger partial charge < -0.3 is 10.5 Å². The van der Waals surface area contributed by atoms with Crippen molar-refractivity contribution in [3.8, 4) is 0 Å². The average molecular weight is 286 g/mol. The number of nitrogens with one attached hydrogen (secondary N) is 1. The summed E-state index contributed by atoms with van der Waals surface area (Å²) in [5.41, 5.74) is 5.80. The van der Waals surface area contributed by atoms with Crippen molar-refractivity contribution in [2.45, 2.75) is 24.7 Å². The molecule has 6 nitrogen and oxygen atoms in total. The third-order valence-corrected chi connectivity index (χ3v) is 3.90. The lowest BCUT2D eigenvalue weighted by atomic mass is 10.3. The van der Waals surface area contributed by atoms with E-state index < -0.39 is 10.0 Å². The van der Waals surface area contributed by atoms with Crippen LogP contribution >= 0.6 is 0 Å². The van der Waals surface area contributed by atoms with E-state index in [2.05, 4.69) is 4.72 Å². The number of nitrogen functional groups attached to an aromatic ring is 1. The van der Waals surface area contributed by atoms with Gasteiger partial charge in [-0.05, 0) is 25.5 Å². The SMILES string of the molecule is CCOC(=O)CCCNS(=O)(=O)c1ccccc1N. The Hall–Kier alpha value is -1.60. The fraction of sp³-hybridized carbons (Fsp3) is 0.417. The first-order valence-electron chi connectivity index (χ1n) is 5.97. The van der Waals surface area contributed by atoms with Crippen LogP contribution in [0.3, 0.4) is 0 Å². The highest BCUT2D eigenvalue weighted by molar-refractivity contribution is 7.89. The molecule has 3 N–H and O–H groups in total. The second-order valence-corrected chi connectivity index (χ2v) is 5.58. The Kier molecular flexibility index (Phi) is 5.78. The minimum atomic E-state index is -3.63. The first-order valence-corrected chi connectivity index (χ1v) is 7.45. The van der Waals surface area contributed by atoms with E-state index in [-0.39, 0.29) is 29.5 Å². The van der Waals surface area contributed by atoms with Crippen molar-refractivity contribution in [2.24, 2.45) is 0 Å². The van der Waals surface area contributed by atoms with E-state index in [1.807, 2.05) is 0 Å². The smallest absolute Gasteiger partial charge is 0.305 e. The maximum Gasteiger partial charge on any atom is 0.305 e. The van der Waals surface area contributed by atoms with E-state index >= 15 is 0 Å². The van der Waals surface area contributed by atoms with Gasteiger partial charge in [0.25, 0.3) is 0 Å². The van der Waals surface area contributed by atoms with Crippen LogP contribution in [0.1, 0.15) is 19.8 Å². The number of hydrogen-bond donors (Lipinski definition) is 2. The summed E-state index contributed by atoms with van der Waals surface area (Å²) in [5.74, 6) is -0.332. The quantitative estimate of drug-likeness (QED) is 0.440. The van der Waals surface area contributed by atoms with Crippen molar-refractivity contribution in [2.75, 3.05) is 18.9 Å². The molecule has 0 aliphatic rings. The number of hydrogen-bond acceptors (Lipinski definition) is 5. The summed E-state index contributed by atoms with van der Waals surface area (Å²) in [4.78, 5) is 11.1. The van der Waals surface area contributed by atoms with Crippen molar-refractivity contribution in [1.29, 1.82) is 0 Å². The Balaban J connectivity index is 2.49. The molecule has 0 bridgehead atoms. The monoisotopic (exact) mass is 286 g/mol. The van der Waals surface area contributed by atoms with Gasteiger partial charge in [-0.1, -0.05) is 12.1 Å². The molecule has 0 saturated heterocycles. The van der Waals surface area contributed by atoms with Gasteiger partial charge in [-0.3, -0.25) is 4.79 Å². The zero-order valence-electron chi connectivity index (χ0n) is 10.8. The highest BCUT2D eigenvalue weighted by atomic mass is 32.2. The van der Waals surface area contributed by atoms with Crippen LogP contribution in [-0.2, 0) is 19.6 Å².